The standard InChI is InChI=1S/C20H19FN2O2S/c1-14(25-18-9-7-16(21)8-10-18)19(24)22-12-11-17-13-26-20(23-17)15-5-3-2-4-6-15/h2-10,13-14H,11-12H2,1H3,(H,22,24)/t14-/m1/s1. The number of amides is 1. The van der Waals surface area contributed by atoms with E-state index in [4.69, 9.17) is 4.74 Å². The molecule has 26 heavy (non-hydrogen) atoms. The van der Waals surface area contributed by atoms with Gasteiger partial charge in [-0.3, -0.25) is 4.79 Å². The Kier molecular flexibility index (Phi) is 5.96. The molecule has 1 amide bonds. The lowest BCUT2D eigenvalue weighted by Gasteiger charge is -2.14. The van der Waals surface area contributed by atoms with Crippen LogP contribution in [0.1, 0.15) is 12.6 Å². The van der Waals surface area contributed by atoms with Gasteiger partial charge in [0.1, 0.15) is 16.6 Å². The molecule has 0 bridgehead atoms. The molecule has 0 fully saturated rings. The molecule has 0 aliphatic heterocycles. The summed E-state index contributed by atoms with van der Waals surface area (Å²) in [7, 11) is 0. The highest BCUT2D eigenvalue weighted by molar-refractivity contribution is 7.13. The van der Waals surface area contributed by atoms with Gasteiger partial charge in [-0.1, -0.05) is 30.3 Å². The lowest BCUT2D eigenvalue weighted by molar-refractivity contribution is -0.127. The van der Waals surface area contributed by atoms with Gasteiger partial charge in [-0.2, -0.15) is 0 Å². The van der Waals surface area contributed by atoms with Gasteiger partial charge in [0.15, 0.2) is 6.10 Å². The first-order chi connectivity index (χ1) is 12.6. The van der Waals surface area contributed by atoms with Crippen molar-refractivity contribution >= 4 is 17.2 Å². The Morgan fingerprint density at radius 3 is 2.65 bits per heavy atom. The second-order valence-electron chi connectivity index (χ2n) is 5.77. The molecule has 3 aromatic rings. The molecular weight excluding hydrogens is 351 g/mol. The smallest absolute Gasteiger partial charge is 0.260 e. The van der Waals surface area contributed by atoms with Crippen LogP contribution in [0, 0.1) is 5.82 Å². The van der Waals surface area contributed by atoms with E-state index in [-0.39, 0.29) is 11.7 Å². The molecule has 3 rings (SSSR count). The van der Waals surface area contributed by atoms with Gasteiger partial charge in [-0.25, -0.2) is 9.37 Å². The van der Waals surface area contributed by atoms with Gasteiger partial charge in [-0.15, -0.1) is 11.3 Å². The molecular formula is C20H19FN2O2S. The molecule has 0 saturated heterocycles. The molecule has 4 nitrogen and oxygen atoms in total. The van der Waals surface area contributed by atoms with E-state index < -0.39 is 6.10 Å². The first kappa shape index (κ1) is 18.1. The maximum Gasteiger partial charge on any atom is 0.260 e. The van der Waals surface area contributed by atoms with Crippen LogP contribution in [-0.2, 0) is 11.2 Å². The Balaban J connectivity index is 1.46. The van der Waals surface area contributed by atoms with Crippen molar-refractivity contribution < 1.29 is 13.9 Å². The van der Waals surface area contributed by atoms with E-state index in [0.29, 0.717) is 18.7 Å². The summed E-state index contributed by atoms with van der Waals surface area (Å²) in [6.45, 7) is 2.14. The van der Waals surface area contributed by atoms with Crippen LogP contribution in [0.15, 0.2) is 60.0 Å². The van der Waals surface area contributed by atoms with Crippen LogP contribution in [-0.4, -0.2) is 23.5 Å². The predicted octanol–water partition coefficient (Wildman–Crippen LogP) is 4.08. The van der Waals surface area contributed by atoms with Crippen molar-refractivity contribution in [2.75, 3.05) is 6.54 Å². The number of rotatable bonds is 7. The number of ether oxygens (including phenoxy) is 1. The Labute approximate surface area is 155 Å². The Bertz CT molecular complexity index is 850. The third kappa shape index (κ3) is 4.89. The summed E-state index contributed by atoms with van der Waals surface area (Å²) in [4.78, 5) is 16.7. The topological polar surface area (TPSA) is 51.2 Å². The van der Waals surface area contributed by atoms with Crippen molar-refractivity contribution in [2.24, 2.45) is 0 Å². The fraction of sp³-hybridized carbons (Fsp3) is 0.200. The second kappa shape index (κ2) is 8.58. The molecule has 6 heteroatoms. The number of nitrogens with one attached hydrogen (secondary N) is 1. The Morgan fingerprint density at radius 2 is 1.92 bits per heavy atom. The number of hydrogen-bond acceptors (Lipinski definition) is 4. The summed E-state index contributed by atoms with van der Waals surface area (Å²) in [5.74, 6) is -0.0959. The Morgan fingerprint density at radius 1 is 1.19 bits per heavy atom. The number of hydrogen-bond donors (Lipinski definition) is 1. The molecule has 0 saturated carbocycles. The molecule has 0 unspecified atom stereocenters. The Hall–Kier alpha value is -2.73. The maximum absolute atomic E-state index is 12.9. The third-order valence-corrected chi connectivity index (χ3v) is 4.69. The zero-order valence-electron chi connectivity index (χ0n) is 14.3. The second-order valence-corrected chi connectivity index (χ2v) is 6.62. The van der Waals surface area contributed by atoms with Crippen LogP contribution in [0.4, 0.5) is 4.39 Å². The molecule has 0 spiro atoms. The zero-order chi connectivity index (χ0) is 18.4. The third-order valence-electron chi connectivity index (χ3n) is 3.75. The molecule has 134 valence electrons. The molecule has 1 atom stereocenters. The average Bonchev–Trinajstić information content (AvgIpc) is 3.13. The van der Waals surface area contributed by atoms with E-state index in [2.05, 4.69) is 10.3 Å². The summed E-state index contributed by atoms with van der Waals surface area (Å²) < 4.78 is 18.4. The van der Waals surface area contributed by atoms with Gasteiger partial charge in [0.2, 0.25) is 0 Å². The van der Waals surface area contributed by atoms with E-state index in [1.54, 1.807) is 18.3 Å². The van der Waals surface area contributed by atoms with Crippen molar-refractivity contribution in [3.63, 3.8) is 0 Å². The van der Waals surface area contributed by atoms with Gasteiger partial charge >= 0.3 is 0 Å². The highest BCUT2D eigenvalue weighted by Gasteiger charge is 2.14. The highest BCUT2D eigenvalue weighted by atomic mass is 32.1. The lowest BCUT2D eigenvalue weighted by Crippen LogP contribution is -2.37. The molecule has 0 aliphatic rings. The fourth-order valence-electron chi connectivity index (χ4n) is 2.36. The summed E-state index contributed by atoms with van der Waals surface area (Å²) in [6.07, 6.45) is -0.00556. The van der Waals surface area contributed by atoms with E-state index in [9.17, 15) is 9.18 Å². The monoisotopic (exact) mass is 370 g/mol. The number of aromatic nitrogens is 1. The van der Waals surface area contributed by atoms with Crippen LogP contribution in [0.3, 0.4) is 0 Å². The van der Waals surface area contributed by atoms with Crippen LogP contribution >= 0.6 is 11.3 Å². The first-order valence-electron chi connectivity index (χ1n) is 8.31. The van der Waals surface area contributed by atoms with E-state index >= 15 is 0 Å². The number of carbonyl (C=O) groups excluding carboxylic acids is 1. The first-order valence-corrected chi connectivity index (χ1v) is 9.19. The van der Waals surface area contributed by atoms with Crippen LogP contribution in [0.2, 0.25) is 0 Å². The number of nitrogens with zero attached hydrogens (tertiary/aromatic N) is 1. The van der Waals surface area contributed by atoms with Crippen molar-refractivity contribution in [3.8, 4) is 16.3 Å². The zero-order valence-corrected chi connectivity index (χ0v) is 15.1. The molecule has 2 aromatic carbocycles. The van der Waals surface area contributed by atoms with E-state index in [1.165, 1.54) is 24.3 Å². The van der Waals surface area contributed by atoms with Gasteiger partial charge in [0, 0.05) is 23.9 Å². The normalized spacial score (nSPS) is 11.8. The van der Waals surface area contributed by atoms with E-state index in [1.807, 2.05) is 35.7 Å². The quantitative estimate of drug-likeness (QED) is 0.682. The minimum atomic E-state index is -0.657. The number of thiazole rings is 1. The summed E-state index contributed by atoms with van der Waals surface area (Å²) in [5.41, 5.74) is 2.04. The highest BCUT2D eigenvalue weighted by Crippen LogP contribution is 2.23. The van der Waals surface area contributed by atoms with Crippen molar-refractivity contribution in [2.45, 2.75) is 19.4 Å². The average molecular weight is 370 g/mol. The molecule has 1 heterocycles. The summed E-state index contributed by atoms with van der Waals surface area (Å²) >= 11 is 1.59. The minimum absolute atomic E-state index is 0.215. The largest absolute Gasteiger partial charge is 0.481 e. The van der Waals surface area contributed by atoms with Gasteiger partial charge in [-0.05, 0) is 31.2 Å². The van der Waals surface area contributed by atoms with Gasteiger partial charge in [0.05, 0.1) is 5.69 Å². The van der Waals surface area contributed by atoms with Crippen LogP contribution < -0.4 is 10.1 Å². The minimum Gasteiger partial charge on any atom is -0.481 e. The van der Waals surface area contributed by atoms with Gasteiger partial charge < -0.3 is 10.1 Å². The number of halogens is 1. The van der Waals surface area contributed by atoms with Crippen molar-refractivity contribution in [1.82, 2.24) is 10.3 Å². The summed E-state index contributed by atoms with van der Waals surface area (Å²) in [6, 6.07) is 15.6. The van der Waals surface area contributed by atoms with Crippen molar-refractivity contribution in [3.05, 3.63) is 71.5 Å². The van der Waals surface area contributed by atoms with Gasteiger partial charge in [0.25, 0.3) is 5.91 Å². The van der Waals surface area contributed by atoms with Crippen LogP contribution in [0.5, 0.6) is 5.75 Å². The summed E-state index contributed by atoms with van der Waals surface area (Å²) in [5, 5.41) is 5.82. The number of benzene rings is 2. The molecule has 0 radical (unpaired) electrons. The lowest BCUT2D eigenvalue weighted by atomic mass is 10.2. The SMILES string of the molecule is C[C@@H](Oc1ccc(F)cc1)C(=O)NCCc1csc(-c2ccccc2)n1. The fourth-order valence-corrected chi connectivity index (χ4v) is 3.22. The molecule has 1 N–H and O–H groups in total. The molecule has 1 aromatic heterocycles. The van der Waals surface area contributed by atoms with Crippen LogP contribution in [0.25, 0.3) is 10.6 Å². The number of carbonyl (C=O) groups is 1. The van der Waals surface area contributed by atoms with Crippen molar-refractivity contribution in [1.29, 1.82) is 0 Å². The molecule has 0 aliphatic carbocycles. The van der Waals surface area contributed by atoms with E-state index in [0.717, 1.165) is 16.3 Å². The predicted molar refractivity (Wildman–Crippen MR) is 101 cm³/mol. The maximum atomic E-state index is 12.9.